The number of amides is 3. The summed E-state index contributed by atoms with van der Waals surface area (Å²) in [4.78, 5) is 22.3. The van der Waals surface area contributed by atoms with E-state index < -0.39 is 17.8 Å². The number of nitrogens with one attached hydrogen (secondary N) is 3. The molecule has 0 aromatic heterocycles. The minimum absolute atomic E-state index is 0.172. The van der Waals surface area contributed by atoms with Gasteiger partial charge < -0.3 is 21.7 Å². The van der Waals surface area contributed by atoms with Crippen molar-refractivity contribution in [2.45, 2.75) is 6.92 Å². The molecule has 1 aromatic rings. The lowest BCUT2D eigenvalue weighted by molar-refractivity contribution is 0.0954. The number of urea groups is 1. The lowest BCUT2D eigenvalue weighted by Gasteiger charge is -2.12. The topological polar surface area (TPSA) is 96.2 Å². The molecule has 0 heterocycles. The molecular weight excluding hydrogens is 251 g/mol. The van der Waals surface area contributed by atoms with Crippen molar-refractivity contribution in [1.82, 2.24) is 10.6 Å². The third-order valence-corrected chi connectivity index (χ3v) is 2.32. The number of rotatable bonds is 6. The van der Waals surface area contributed by atoms with E-state index in [2.05, 4.69) is 16.0 Å². The van der Waals surface area contributed by atoms with E-state index in [1.165, 1.54) is 18.2 Å². The molecule has 0 fully saturated rings. The summed E-state index contributed by atoms with van der Waals surface area (Å²) in [6.45, 7) is 2.74. The molecule has 104 valence electrons. The van der Waals surface area contributed by atoms with Crippen LogP contribution in [-0.2, 0) is 0 Å². The number of carbonyl (C=O) groups excluding carboxylic acids is 2. The summed E-state index contributed by atoms with van der Waals surface area (Å²) in [6.07, 6.45) is 0. The van der Waals surface area contributed by atoms with Gasteiger partial charge in [0.05, 0.1) is 11.3 Å². The number of hydrogen-bond donors (Lipinski definition) is 4. The number of hydrogen-bond acceptors (Lipinski definition) is 3. The van der Waals surface area contributed by atoms with E-state index in [0.29, 0.717) is 6.54 Å². The van der Waals surface area contributed by atoms with Crippen LogP contribution in [0, 0.1) is 5.82 Å². The predicted octanol–water partition coefficient (Wildman–Crippen LogP) is 0.656. The van der Waals surface area contributed by atoms with E-state index in [-0.39, 0.29) is 24.3 Å². The Balaban J connectivity index is 2.66. The third kappa shape index (κ3) is 4.46. The molecule has 0 aliphatic rings. The van der Waals surface area contributed by atoms with E-state index in [0.717, 1.165) is 0 Å². The van der Waals surface area contributed by atoms with E-state index in [4.69, 9.17) is 5.73 Å². The first-order valence-corrected chi connectivity index (χ1v) is 5.90. The first kappa shape index (κ1) is 14.7. The van der Waals surface area contributed by atoms with Crippen LogP contribution in [0.1, 0.15) is 17.3 Å². The molecule has 1 aromatic carbocycles. The van der Waals surface area contributed by atoms with Gasteiger partial charge in [-0.05, 0) is 19.1 Å². The van der Waals surface area contributed by atoms with Crippen molar-refractivity contribution in [3.63, 3.8) is 0 Å². The van der Waals surface area contributed by atoms with Gasteiger partial charge >= 0.3 is 6.03 Å². The quantitative estimate of drug-likeness (QED) is 0.570. The van der Waals surface area contributed by atoms with E-state index >= 15 is 0 Å². The van der Waals surface area contributed by atoms with Crippen LogP contribution in [-0.4, -0.2) is 31.6 Å². The van der Waals surface area contributed by atoms with Gasteiger partial charge in [0.15, 0.2) is 0 Å². The van der Waals surface area contributed by atoms with Crippen molar-refractivity contribution in [1.29, 1.82) is 0 Å². The van der Waals surface area contributed by atoms with Crippen LogP contribution < -0.4 is 21.7 Å². The zero-order valence-electron chi connectivity index (χ0n) is 10.6. The molecule has 0 unspecified atom stereocenters. The van der Waals surface area contributed by atoms with Gasteiger partial charge in [-0.3, -0.25) is 4.79 Å². The van der Waals surface area contributed by atoms with Gasteiger partial charge in [-0.15, -0.1) is 0 Å². The fourth-order valence-corrected chi connectivity index (χ4v) is 1.53. The summed E-state index contributed by atoms with van der Waals surface area (Å²) < 4.78 is 13.6. The highest BCUT2D eigenvalue weighted by Crippen LogP contribution is 2.19. The Morgan fingerprint density at radius 2 is 1.95 bits per heavy atom. The Labute approximate surface area is 110 Å². The molecule has 0 spiro atoms. The molecular formula is C12H17FN4O2. The highest BCUT2D eigenvalue weighted by molar-refractivity contribution is 5.99. The monoisotopic (exact) mass is 268 g/mol. The number of halogens is 1. The number of carbonyl (C=O) groups is 2. The molecule has 6 nitrogen and oxygen atoms in total. The van der Waals surface area contributed by atoms with Gasteiger partial charge in [0.1, 0.15) is 5.82 Å². The second kappa shape index (κ2) is 7.20. The molecule has 19 heavy (non-hydrogen) atoms. The largest absolute Gasteiger partial charge is 0.382 e. The summed E-state index contributed by atoms with van der Waals surface area (Å²) in [6, 6.07) is 3.61. The number of para-hydroxylation sites is 1. The molecule has 0 saturated carbocycles. The minimum Gasteiger partial charge on any atom is -0.382 e. The molecule has 3 amide bonds. The third-order valence-electron chi connectivity index (χ3n) is 2.32. The number of anilines is 1. The Kier molecular flexibility index (Phi) is 5.59. The molecule has 5 N–H and O–H groups in total. The maximum absolute atomic E-state index is 13.6. The Bertz CT molecular complexity index is 465. The summed E-state index contributed by atoms with van der Waals surface area (Å²) in [7, 11) is 0. The van der Waals surface area contributed by atoms with Crippen LogP contribution in [0.15, 0.2) is 18.2 Å². The van der Waals surface area contributed by atoms with Gasteiger partial charge in [0.25, 0.3) is 5.91 Å². The van der Waals surface area contributed by atoms with Crippen LogP contribution >= 0.6 is 0 Å². The highest BCUT2D eigenvalue weighted by Gasteiger charge is 2.13. The average Bonchev–Trinajstić information content (AvgIpc) is 2.36. The van der Waals surface area contributed by atoms with Crippen molar-refractivity contribution in [2.24, 2.45) is 5.73 Å². The predicted molar refractivity (Wildman–Crippen MR) is 70.5 cm³/mol. The van der Waals surface area contributed by atoms with Gasteiger partial charge in [-0.1, -0.05) is 6.07 Å². The summed E-state index contributed by atoms with van der Waals surface area (Å²) in [5, 5.41) is 7.71. The molecule has 0 aliphatic carbocycles. The molecule has 0 bridgehead atoms. The minimum atomic E-state index is -0.659. The Morgan fingerprint density at radius 1 is 1.26 bits per heavy atom. The van der Waals surface area contributed by atoms with Gasteiger partial charge in [-0.25, -0.2) is 9.18 Å². The summed E-state index contributed by atoms with van der Waals surface area (Å²) in [5.41, 5.74) is 5.28. The first-order chi connectivity index (χ1) is 9.06. The molecule has 0 atom stereocenters. The number of primary amides is 1. The summed E-state index contributed by atoms with van der Waals surface area (Å²) in [5.74, 6) is -0.897. The van der Waals surface area contributed by atoms with Crippen LogP contribution in [0.25, 0.3) is 0 Å². The normalized spacial score (nSPS) is 9.79. The van der Waals surface area contributed by atoms with Crippen LogP contribution in [0.2, 0.25) is 0 Å². The number of benzene rings is 1. The van der Waals surface area contributed by atoms with Crippen LogP contribution in [0.3, 0.4) is 0 Å². The van der Waals surface area contributed by atoms with E-state index in [1.807, 2.05) is 6.92 Å². The van der Waals surface area contributed by atoms with E-state index in [9.17, 15) is 14.0 Å². The van der Waals surface area contributed by atoms with Gasteiger partial charge in [0.2, 0.25) is 0 Å². The van der Waals surface area contributed by atoms with Crippen molar-refractivity contribution < 1.29 is 14.0 Å². The second-order valence-corrected chi connectivity index (χ2v) is 3.74. The Morgan fingerprint density at radius 3 is 2.58 bits per heavy atom. The molecule has 7 heteroatoms. The standard InChI is InChI=1S/C12H17FN4O2/c1-2-15-10-8(4-3-5-9(10)13)11(18)16-6-7-17-12(14)19/h3-5,15H,2,6-7H2,1H3,(H,16,18)(H3,14,17,19). The van der Waals surface area contributed by atoms with Crippen LogP contribution in [0.4, 0.5) is 14.9 Å². The van der Waals surface area contributed by atoms with Crippen molar-refractivity contribution in [2.75, 3.05) is 25.0 Å². The maximum atomic E-state index is 13.6. The molecule has 1 rings (SSSR count). The Hall–Kier alpha value is -2.31. The first-order valence-electron chi connectivity index (χ1n) is 5.90. The lowest BCUT2D eigenvalue weighted by Crippen LogP contribution is -2.37. The van der Waals surface area contributed by atoms with Crippen molar-refractivity contribution >= 4 is 17.6 Å². The highest BCUT2D eigenvalue weighted by atomic mass is 19.1. The van der Waals surface area contributed by atoms with Crippen molar-refractivity contribution in [3.05, 3.63) is 29.6 Å². The van der Waals surface area contributed by atoms with Gasteiger partial charge in [0, 0.05) is 19.6 Å². The fourth-order valence-electron chi connectivity index (χ4n) is 1.53. The SMILES string of the molecule is CCNc1c(F)cccc1C(=O)NCCNC(N)=O. The van der Waals surface area contributed by atoms with Crippen molar-refractivity contribution in [3.8, 4) is 0 Å². The smallest absolute Gasteiger partial charge is 0.312 e. The zero-order valence-corrected chi connectivity index (χ0v) is 10.6. The van der Waals surface area contributed by atoms with E-state index in [1.54, 1.807) is 0 Å². The zero-order chi connectivity index (χ0) is 14.3. The molecule has 0 radical (unpaired) electrons. The van der Waals surface area contributed by atoms with Crippen LogP contribution in [0.5, 0.6) is 0 Å². The maximum Gasteiger partial charge on any atom is 0.312 e. The van der Waals surface area contributed by atoms with Gasteiger partial charge in [-0.2, -0.15) is 0 Å². The number of nitrogens with two attached hydrogens (primary N) is 1. The molecule has 0 saturated heterocycles. The molecule has 0 aliphatic heterocycles. The summed E-state index contributed by atoms with van der Waals surface area (Å²) >= 11 is 0. The average molecular weight is 268 g/mol. The second-order valence-electron chi connectivity index (χ2n) is 3.74. The fraction of sp³-hybridized carbons (Fsp3) is 0.333. The lowest BCUT2D eigenvalue weighted by atomic mass is 10.1.